The summed E-state index contributed by atoms with van der Waals surface area (Å²) in [5.74, 6) is -0.0573. The Kier molecular flexibility index (Phi) is 3.85. The van der Waals surface area contributed by atoms with E-state index >= 15 is 0 Å². The minimum absolute atomic E-state index is 0.0573. The van der Waals surface area contributed by atoms with Crippen molar-refractivity contribution >= 4 is 5.91 Å². The highest BCUT2D eigenvalue weighted by Gasteiger charge is 2.08. The largest absolute Gasteiger partial charge is 0.334 e. The summed E-state index contributed by atoms with van der Waals surface area (Å²) in [7, 11) is 0. The molecular formula is C11H14N2O. The van der Waals surface area contributed by atoms with E-state index in [0.717, 1.165) is 5.69 Å². The Morgan fingerprint density at radius 3 is 2.93 bits per heavy atom. The highest BCUT2D eigenvalue weighted by atomic mass is 16.2. The number of hydrogen-bond donors (Lipinski definition) is 0. The summed E-state index contributed by atoms with van der Waals surface area (Å²) in [5.41, 5.74) is 0.893. The average Bonchev–Trinajstić information content (AvgIpc) is 2.26. The van der Waals surface area contributed by atoms with Crippen LogP contribution in [-0.2, 0) is 11.3 Å². The van der Waals surface area contributed by atoms with Gasteiger partial charge >= 0.3 is 0 Å². The highest BCUT2D eigenvalue weighted by molar-refractivity contribution is 5.86. The SMILES string of the molecule is C=CC(=O)N(CC)Cc1ccccn1. The lowest BCUT2D eigenvalue weighted by Crippen LogP contribution is -2.28. The zero-order valence-corrected chi connectivity index (χ0v) is 8.31. The molecular weight excluding hydrogens is 176 g/mol. The summed E-state index contributed by atoms with van der Waals surface area (Å²) in [6.07, 6.45) is 3.05. The first-order chi connectivity index (χ1) is 6.77. The van der Waals surface area contributed by atoms with Crippen LogP contribution < -0.4 is 0 Å². The summed E-state index contributed by atoms with van der Waals surface area (Å²) in [6, 6.07) is 5.67. The van der Waals surface area contributed by atoms with Crippen LogP contribution in [0.1, 0.15) is 12.6 Å². The van der Waals surface area contributed by atoms with E-state index in [9.17, 15) is 4.79 Å². The van der Waals surface area contributed by atoms with Gasteiger partial charge in [-0.2, -0.15) is 0 Å². The van der Waals surface area contributed by atoms with Gasteiger partial charge in [0.1, 0.15) is 0 Å². The molecule has 0 spiro atoms. The predicted octanol–water partition coefficient (Wildman–Crippen LogP) is 1.62. The third kappa shape index (κ3) is 2.69. The van der Waals surface area contributed by atoms with Crippen molar-refractivity contribution in [2.24, 2.45) is 0 Å². The predicted molar refractivity (Wildman–Crippen MR) is 55.5 cm³/mol. The molecule has 74 valence electrons. The molecule has 0 fully saturated rings. The fourth-order valence-electron chi connectivity index (χ4n) is 1.16. The van der Waals surface area contributed by atoms with Gasteiger partial charge in [-0.1, -0.05) is 12.6 Å². The van der Waals surface area contributed by atoms with E-state index in [2.05, 4.69) is 11.6 Å². The van der Waals surface area contributed by atoms with Crippen LogP contribution in [-0.4, -0.2) is 22.3 Å². The Bertz CT molecular complexity index is 308. The van der Waals surface area contributed by atoms with Gasteiger partial charge in [0.15, 0.2) is 0 Å². The molecule has 14 heavy (non-hydrogen) atoms. The van der Waals surface area contributed by atoms with Gasteiger partial charge in [-0.3, -0.25) is 9.78 Å². The first-order valence-electron chi connectivity index (χ1n) is 4.59. The number of carbonyl (C=O) groups is 1. The van der Waals surface area contributed by atoms with Gasteiger partial charge in [-0.05, 0) is 25.1 Å². The second-order valence-electron chi connectivity index (χ2n) is 2.88. The summed E-state index contributed by atoms with van der Waals surface area (Å²) in [5, 5.41) is 0. The molecule has 1 amide bonds. The maximum absolute atomic E-state index is 11.3. The molecule has 0 atom stereocenters. The van der Waals surface area contributed by atoms with Crippen molar-refractivity contribution in [3.05, 3.63) is 42.7 Å². The van der Waals surface area contributed by atoms with Gasteiger partial charge in [0.05, 0.1) is 12.2 Å². The third-order valence-corrected chi connectivity index (χ3v) is 1.95. The number of nitrogens with zero attached hydrogens (tertiary/aromatic N) is 2. The Morgan fingerprint density at radius 2 is 2.43 bits per heavy atom. The summed E-state index contributed by atoms with van der Waals surface area (Å²) in [6.45, 7) is 6.61. The number of aromatic nitrogens is 1. The maximum Gasteiger partial charge on any atom is 0.246 e. The van der Waals surface area contributed by atoms with Crippen molar-refractivity contribution in [1.82, 2.24) is 9.88 Å². The van der Waals surface area contributed by atoms with E-state index in [1.54, 1.807) is 11.1 Å². The molecule has 1 rings (SSSR count). The van der Waals surface area contributed by atoms with Crippen LogP contribution in [0.2, 0.25) is 0 Å². The minimum atomic E-state index is -0.0573. The van der Waals surface area contributed by atoms with Crippen molar-refractivity contribution in [1.29, 1.82) is 0 Å². The van der Waals surface area contributed by atoms with Gasteiger partial charge in [-0.15, -0.1) is 0 Å². The zero-order chi connectivity index (χ0) is 10.4. The van der Waals surface area contributed by atoms with Crippen molar-refractivity contribution in [3.8, 4) is 0 Å². The topological polar surface area (TPSA) is 33.2 Å². The monoisotopic (exact) mass is 190 g/mol. The minimum Gasteiger partial charge on any atom is -0.334 e. The second-order valence-corrected chi connectivity index (χ2v) is 2.88. The molecule has 0 radical (unpaired) electrons. The highest BCUT2D eigenvalue weighted by Crippen LogP contribution is 2.01. The first kappa shape index (κ1) is 10.4. The Labute approximate surface area is 84.1 Å². The van der Waals surface area contributed by atoms with E-state index < -0.39 is 0 Å². The van der Waals surface area contributed by atoms with Gasteiger partial charge < -0.3 is 4.90 Å². The van der Waals surface area contributed by atoms with Crippen molar-refractivity contribution in [2.75, 3.05) is 6.54 Å². The van der Waals surface area contributed by atoms with E-state index in [1.807, 2.05) is 25.1 Å². The van der Waals surface area contributed by atoms with Crippen molar-refractivity contribution in [3.63, 3.8) is 0 Å². The molecule has 0 bridgehead atoms. The Morgan fingerprint density at radius 1 is 1.64 bits per heavy atom. The molecule has 0 saturated carbocycles. The lowest BCUT2D eigenvalue weighted by atomic mass is 10.3. The van der Waals surface area contributed by atoms with Crippen LogP contribution in [0.4, 0.5) is 0 Å². The van der Waals surface area contributed by atoms with E-state index in [4.69, 9.17) is 0 Å². The fourth-order valence-corrected chi connectivity index (χ4v) is 1.16. The number of amides is 1. The van der Waals surface area contributed by atoms with Crippen LogP contribution in [0.5, 0.6) is 0 Å². The number of hydrogen-bond acceptors (Lipinski definition) is 2. The molecule has 0 aliphatic rings. The lowest BCUT2D eigenvalue weighted by Gasteiger charge is -2.18. The molecule has 1 aromatic rings. The van der Waals surface area contributed by atoms with Crippen LogP contribution in [0.15, 0.2) is 37.1 Å². The molecule has 0 aliphatic heterocycles. The Hall–Kier alpha value is -1.64. The van der Waals surface area contributed by atoms with Crippen LogP contribution in [0, 0.1) is 0 Å². The number of carbonyl (C=O) groups excluding carboxylic acids is 1. The summed E-state index contributed by atoms with van der Waals surface area (Å²) < 4.78 is 0. The normalized spacial score (nSPS) is 9.50. The molecule has 3 heteroatoms. The van der Waals surface area contributed by atoms with Crippen LogP contribution in [0.3, 0.4) is 0 Å². The van der Waals surface area contributed by atoms with E-state index in [1.165, 1.54) is 6.08 Å². The van der Waals surface area contributed by atoms with Gasteiger partial charge in [0, 0.05) is 12.7 Å². The van der Waals surface area contributed by atoms with Gasteiger partial charge in [0.25, 0.3) is 0 Å². The van der Waals surface area contributed by atoms with E-state index in [0.29, 0.717) is 13.1 Å². The molecule has 0 unspecified atom stereocenters. The fraction of sp³-hybridized carbons (Fsp3) is 0.273. The smallest absolute Gasteiger partial charge is 0.246 e. The second kappa shape index (κ2) is 5.17. The Balaban J connectivity index is 2.66. The molecule has 0 aliphatic carbocycles. The quantitative estimate of drug-likeness (QED) is 0.676. The van der Waals surface area contributed by atoms with Crippen LogP contribution >= 0.6 is 0 Å². The molecule has 3 nitrogen and oxygen atoms in total. The number of rotatable bonds is 4. The van der Waals surface area contributed by atoms with Crippen LogP contribution in [0.25, 0.3) is 0 Å². The average molecular weight is 190 g/mol. The molecule has 0 aromatic carbocycles. The van der Waals surface area contributed by atoms with Crippen molar-refractivity contribution in [2.45, 2.75) is 13.5 Å². The summed E-state index contributed by atoms with van der Waals surface area (Å²) in [4.78, 5) is 17.2. The first-order valence-corrected chi connectivity index (χ1v) is 4.59. The van der Waals surface area contributed by atoms with Gasteiger partial charge in [-0.25, -0.2) is 0 Å². The molecule has 1 heterocycles. The zero-order valence-electron chi connectivity index (χ0n) is 8.31. The lowest BCUT2D eigenvalue weighted by molar-refractivity contribution is -0.126. The molecule has 1 aromatic heterocycles. The van der Waals surface area contributed by atoms with E-state index in [-0.39, 0.29) is 5.91 Å². The number of likely N-dealkylation sites (N-methyl/N-ethyl adjacent to an activating group) is 1. The maximum atomic E-state index is 11.3. The molecule has 0 N–H and O–H groups in total. The summed E-state index contributed by atoms with van der Waals surface area (Å²) >= 11 is 0. The van der Waals surface area contributed by atoms with Crippen molar-refractivity contribution < 1.29 is 4.79 Å². The number of pyridine rings is 1. The van der Waals surface area contributed by atoms with Gasteiger partial charge in [0.2, 0.25) is 5.91 Å². The standard InChI is InChI=1S/C11H14N2O/c1-3-11(14)13(4-2)9-10-7-5-6-8-12-10/h3,5-8H,1,4,9H2,2H3. The third-order valence-electron chi connectivity index (χ3n) is 1.95. The molecule has 0 saturated heterocycles.